The zero-order valence-corrected chi connectivity index (χ0v) is 11.6. The van der Waals surface area contributed by atoms with Gasteiger partial charge < -0.3 is 10.2 Å². The predicted molar refractivity (Wildman–Crippen MR) is 66.2 cm³/mol. The fourth-order valence-corrected chi connectivity index (χ4v) is 1.83. The summed E-state index contributed by atoms with van der Waals surface area (Å²) in [6.07, 6.45) is -0.0234. The van der Waals surface area contributed by atoms with Gasteiger partial charge in [0, 0.05) is 12.3 Å². The van der Waals surface area contributed by atoms with Crippen LogP contribution in [0.15, 0.2) is 0 Å². The summed E-state index contributed by atoms with van der Waals surface area (Å²) in [5.41, 5.74) is -0.563. The summed E-state index contributed by atoms with van der Waals surface area (Å²) in [5.74, 6) is -5.38. The van der Waals surface area contributed by atoms with Crippen LogP contribution in [0.25, 0.3) is 0 Å². The molecule has 0 aromatic carbocycles. The van der Waals surface area contributed by atoms with E-state index < -0.39 is 29.2 Å². The molecule has 0 heterocycles. The number of hydrogen-bond donors (Lipinski definition) is 2. The summed E-state index contributed by atoms with van der Waals surface area (Å²) >= 11 is 0. The van der Waals surface area contributed by atoms with Gasteiger partial charge >= 0.3 is 11.9 Å². The first-order chi connectivity index (χ1) is 7.98. The predicted octanol–water partition coefficient (Wildman–Crippen LogP) is 2.05. The standard InChI is InChI=1S/C13H22O5/c1-7(2)9(14)6-8(13(3,4)5)10(11(15)16)12(17)18/h7-8,10H,6H2,1-5H3,(H,15,16)(H,17,18). The molecule has 0 amide bonds. The maximum absolute atomic E-state index is 11.8. The van der Waals surface area contributed by atoms with Crippen molar-refractivity contribution in [2.75, 3.05) is 0 Å². The molecule has 2 N–H and O–H groups in total. The van der Waals surface area contributed by atoms with Crippen LogP contribution in [0.2, 0.25) is 0 Å². The van der Waals surface area contributed by atoms with Crippen LogP contribution in [0.4, 0.5) is 0 Å². The average Bonchev–Trinajstić information content (AvgIpc) is 2.13. The number of carboxylic acid groups (broad SMARTS) is 2. The Hall–Kier alpha value is -1.39. The van der Waals surface area contributed by atoms with Gasteiger partial charge in [0.1, 0.15) is 5.78 Å². The fourth-order valence-electron chi connectivity index (χ4n) is 1.83. The third-order valence-corrected chi connectivity index (χ3v) is 3.11. The van der Waals surface area contributed by atoms with E-state index in [0.717, 1.165) is 0 Å². The largest absolute Gasteiger partial charge is 0.481 e. The van der Waals surface area contributed by atoms with Crippen LogP contribution in [0.5, 0.6) is 0 Å². The van der Waals surface area contributed by atoms with Gasteiger partial charge in [-0.15, -0.1) is 0 Å². The normalized spacial score (nSPS) is 13.7. The lowest BCUT2D eigenvalue weighted by atomic mass is 9.70. The minimum atomic E-state index is -1.55. The molecule has 0 aliphatic heterocycles. The van der Waals surface area contributed by atoms with E-state index in [-0.39, 0.29) is 18.1 Å². The Morgan fingerprint density at radius 2 is 1.39 bits per heavy atom. The molecule has 0 fully saturated rings. The molecule has 18 heavy (non-hydrogen) atoms. The average molecular weight is 258 g/mol. The van der Waals surface area contributed by atoms with E-state index in [2.05, 4.69) is 0 Å². The minimum absolute atomic E-state index is 0.0234. The lowest BCUT2D eigenvalue weighted by Gasteiger charge is -2.33. The number of hydrogen-bond acceptors (Lipinski definition) is 3. The number of carbonyl (C=O) groups is 3. The summed E-state index contributed by atoms with van der Waals surface area (Å²) in [4.78, 5) is 33.9. The second-order valence-corrected chi connectivity index (χ2v) is 5.95. The molecule has 1 atom stereocenters. The molecule has 0 spiro atoms. The number of Topliss-reactive ketones (excluding diaryl/α,β-unsaturated/α-hetero) is 1. The van der Waals surface area contributed by atoms with Crippen LogP contribution in [-0.4, -0.2) is 27.9 Å². The maximum atomic E-state index is 11.8. The summed E-state index contributed by atoms with van der Waals surface area (Å²) < 4.78 is 0. The molecule has 0 aliphatic carbocycles. The molecule has 5 heteroatoms. The molecule has 5 nitrogen and oxygen atoms in total. The first kappa shape index (κ1) is 16.6. The van der Waals surface area contributed by atoms with E-state index in [1.54, 1.807) is 34.6 Å². The van der Waals surface area contributed by atoms with Gasteiger partial charge in [-0.1, -0.05) is 34.6 Å². The first-order valence-corrected chi connectivity index (χ1v) is 5.96. The number of ketones is 1. The number of rotatable bonds is 6. The number of carboxylic acids is 2. The molecule has 0 saturated heterocycles. The smallest absolute Gasteiger partial charge is 0.318 e. The molecular formula is C13H22O5. The van der Waals surface area contributed by atoms with E-state index in [0.29, 0.717) is 0 Å². The molecular weight excluding hydrogens is 236 g/mol. The third kappa shape index (κ3) is 4.47. The molecule has 0 aromatic heterocycles. The number of aliphatic carboxylic acids is 2. The van der Waals surface area contributed by atoms with Crippen LogP contribution in [-0.2, 0) is 14.4 Å². The van der Waals surface area contributed by atoms with Crippen molar-refractivity contribution in [3.05, 3.63) is 0 Å². The second-order valence-electron chi connectivity index (χ2n) is 5.95. The molecule has 0 aliphatic rings. The van der Waals surface area contributed by atoms with Crippen LogP contribution in [0, 0.1) is 23.2 Å². The topological polar surface area (TPSA) is 91.7 Å². The van der Waals surface area contributed by atoms with Crippen molar-refractivity contribution in [1.82, 2.24) is 0 Å². The monoisotopic (exact) mass is 258 g/mol. The van der Waals surface area contributed by atoms with E-state index in [4.69, 9.17) is 10.2 Å². The second kappa shape index (κ2) is 5.98. The summed E-state index contributed by atoms with van der Waals surface area (Å²) in [6.45, 7) is 8.70. The number of carbonyl (C=O) groups excluding carboxylic acids is 1. The Morgan fingerprint density at radius 1 is 1.00 bits per heavy atom. The zero-order chi connectivity index (χ0) is 14.7. The van der Waals surface area contributed by atoms with E-state index in [1.165, 1.54) is 0 Å². The molecule has 0 rings (SSSR count). The van der Waals surface area contributed by atoms with Gasteiger partial charge in [-0.2, -0.15) is 0 Å². The van der Waals surface area contributed by atoms with Crippen molar-refractivity contribution in [2.24, 2.45) is 23.2 Å². The van der Waals surface area contributed by atoms with Crippen LogP contribution in [0.1, 0.15) is 41.0 Å². The van der Waals surface area contributed by atoms with Crippen molar-refractivity contribution in [2.45, 2.75) is 41.0 Å². The zero-order valence-electron chi connectivity index (χ0n) is 11.6. The van der Waals surface area contributed by atoms with Gasteiger partial charge in [0.2, 0.25) is 0 Å². The van der Waals surface area contributed by atoms with Gasteiger partial charge in [-0.05, 0) is 11.3 Å². The highest BCUT2D eigenvalue weighted by Gasteiger charge is 2.42. The quantitative estimate of drug-likeness (QED) is 0.711. The van der Waals surface area contributed by atoms with E-state index in [1.807, 2.05) is 0 Å². The highest BCUT2D eigenvalue weighted by atomic mass is 16.4. The van der Waals surface area contributed by atoms with Crippen LogP contribution < -0.4 is 0 Å². The molecule has 104 valence electrons. The van der Waals surface area contributed by atoms with Gasteiger partial charge in [-0.3, -0.25) is 14.4 Å². The Bertz CT molecular complexity index is 324. The van der Waals surface area contributed by atoms with Crippen molar-refractivity contribution >= 4 is 17.7 Å². The van der Waals surface area contributed by atoms with Crippen molar-refractivity contribution in [3.8, 4) is 0 Å². The van der Waals surface area contributed by atoms with Gasteiger partial charge in [0.15, 0.2) is 5.92 Å². The molecule has 0 radical (unpaired) electrons. The molecule has 0 bridgehead atoms. The molecule has 1 unspecified atom stereocenters. The summed E-state index contributed by atoms with van der Waals surface area (Å²) in [5, 5.41) is 18.1. The van der Waals surface area contributed by atoms with Crippen molar-refractivity contribution in [1.29, 1.82) is 0 Å². The Balaban J connectivity index is 5.29. The maximum Gasteiger partial charge on any atom is 0.318 e. The Labute approximate surface area is 107 Å². The summed E-state index contributed by atoms with van der Waals surface area (Å²) in [6, 6.07) is 0. The van der Waals surface area contributed by atoms with Crippen molar-refractivity contribution < 1.29 is 24.6 Å². The third-order valence-electron chi connectivity index (χ3n) is 3.11. The Kier molecular flexibility index (Phi) is 5.52. The van der Waals surface area contributed by atoms with E-state index in [9.17, 15) is 14.4 Å². The minimum Gasteiger partial charge on any atom is -0.481 e. The van der Waals surface area contributed by atoms with Crippen LogP contribution in [0.3, 0.4) is 0 Å². The lowest BCUT2D eigenvalue weighted by Crippen LogP contribution is -2.40. The van der Waals surface area contributed by atoms with Crippen LogP contribution >= 0.6 is 0 Å². The lowest BCUT2D eigenvalue weighted by molar-refractivity contribution is -0.160. The molecule has 0 aromatic rings. The van der Waals surface area contributed by atoms with Gasteiger partial charge in [-0.25, -0.2) is 0 Å². The highest BCUT2D eigenvalue weighted by molar-refractivity contribution is 5.94. The van der Waals surface area contributed by atoms with E-state index >= 15 is 0 Å². The highest BCUT2D eigenvalue weighted by Crippen LogP contribution is 2.36. The summed E-state index contributed by atoms with van der Waals surface area (Å²) in [7, 11) is 0. The SMILES string of the molecule is CC(C)C(=O)CC(C(C(=O)O)C(=O)O)C(C)(C)C. The van der Waals surface area contributed by atoms with Gasteiger partial charge in [0.25, 0.3) is 0 Å². The fraction of sp³-hybridized carbons (Fsp3) is 0.769. The van der Waals surface area contributed by atoms with Gasteiger partial charge in [0.05, 0.1) is 0 Å². The van der Waals surface area contributed by atoms with Crippen molar-refractivity contribution in [3.63, 3.8) is 0 Å². The molecule has 0 saturated carbocycles. The Morgan fingerprint density at radius 3 is 1.61 bits per heavy atom. The first-order valence-electron chi connectivity index (χ1n) is 5.96.